The van der Waals surface area contributed by atoms with Crippen LogP contribution in [0.25, 0.3) is 6.08 Å². The van der Waals surface area contributed by atoms with E-state index in [1.807, 2.05) is 24.3 Å². The summed E-state index contributed by atoms with van der Waals surface area (Å²) in [6, 6.07) is 3.70. The van der Waals surface area contributed by atoms with Gasteiger partial charge in [0.1, 0.15) is 11.4 Å². The minimum atomic E-state index is 0.514. The van der Waals surface area contributed by atoms with Crippen molar-refractivity contribution in [2.45, 2.75) is 0 Å². The van der Waals surface area contributed by atoms with Crippen molar-refractivity contribution in [3.05, 3.63) is 30.1 Å². The van der Waals surface area contributed by atoms with Crippen molar-refractivity contribution in [1.82, 2.24) is 4.98 Å². The number of ether oxygens (including phenoxy) is 1. The summed E-state index contributed by atoms with van der Waals surface area (Å²) in [4.78, 5) is 4.12. The van der Waals surface area contributed by atoms with E-state index in [1.54, 1.807) is 13.3 Å². The minimum absolute atomic E-state index is 0.514. The lowest BCUT2D eigenvalue weighted by atomic mass is 10.3. The van der Waals surface area contributed by atoms with Crippen LogP contribution >= 0.6 is 0 Å². The molecule has 0 unspecified atom stereocenters. The second-order valence-corrected chi connectivity index (χ2v) is 2.23. The van der Waals surface area contributed by atoms with Crippen LogP contribution in [0.2, 0.25) is 0 Å². The van der Waals surface area contributed by atoms with Gasteiger partial charge in [0.25, 0.3) is 0 Å². The molecular weight excluding hydrogens is 152 g/mol. The molecule has 1 rings (SSSR count). The lowest BCUT2D eigenvalue weighted by molar-refractivity contribution is 0.412. The molecule has 0 spiro atoms. The summed E-state index contributed by atoms with van der Waals surface area (Å²) >= 11 is 0. The fourth-order valence-electron chi connectivity index (χ4n) is 0.880. The molecule has 0 atom stereocenters. The third-order valence-electron chi connectivity index (χ3n) is 1.43. The molecule has 3 heteroatoms. The molecule has 0 aliphatic rings. The van der Waals surface area contributed by atoms with E-state index >= 15 is 0 Å². The standard InChI is InChI=1S/C9H12N2O/c1-12-9-5-3-7-11-8(9)4-2-6-10/h2-5,7H,6,10H2,1H3/b4-2+. The van der Waals surface area contributed by atoms with E-state index in [1.165, 1.54) is 0 Å². The third kappa shape index (κ3) is 2.07. The fourth-order valence-corrected chi connectivity index (χ4v) is 0.880. The average molecular weight is 164 g/mol. The van der Waals surface area contributed by atoms with E-state index in [0.29, 0.717) is 6.54 Å². The maximum atomic E-state index is 5.31. The van der Waals surface area contributed by atoms with Gasteiger partial charge in [0, 0.05) is 12.7 Å². The smallest absolute Gasteiger partial charge is 0.144 e. The van der Waals surface area contributed by atoms with Crippen molar-refractivity contribution < 1.29 is 4.74 Å². The molecule has 0 fully saturated rings. The summed E-state index contributed by atoms with van der Waals surface area (Å²) in [5.74, 6) is 0.766. The molecular formula is C9H12N2O. The van der Waals surface area contributed by atoms with Gasteiger partial charge in [0.05, 0.1) is 7.11 Å². The minimum Gasteiger partial charge on any atom is -0.494 e. The van der Waals surface area contributed by atoms with Gasteiger partial charge in [-0.3, -0.25) is 4.98 Å². The quantitative estimate of drug-likeness (QED) is 0.726. The van der Waals surface area contributed by atoms with Crippen molar-refractivity contribution in [2.24, 2.45) is 5.73 Å². The molecule has 0 aromatic carbocycles. The molecule has 0 saturated heterocycles. The Bertz CT molecular complexity index is 271. The molecule has 64 valence electrons. The number of aromatic nitrogens is 1. The summed E-state index contributed by atoms with van der Waals surface area (Å²) in [6.07, 6.45) is 5.41. The van der Waals surface area contributed by atoms with Crippen LogP contribution in [-0.2, 0) is 0 Å². The second-order valence-electron chi connectivity index (χ2n) is 2.23. The maximum Gasteiger partial charge on any atom is 0.144 e. The summed E-state index contributed by atoms with van der Waals surface area (Å²) in [5.41, 5.74) is 6.12. The Kier molecular flexibility index (Phi) is 3.29. The Morgan fingerprint density at radius 3 is 3.17 bits per heavy atom. The third-order valence-corrected chi connectivity index (χ3v) is 1.43. The van der Waals surface area contributed by atoms with Crippen LogP contribution in [0.4, 0.5) is 0 Å². The molecule has 3 nitrogen and oxygen atoms in total. The van der Waals surface area contributed by atoms with Crippen LogP contribution in [0.5, 0.6) is 5.75 Å². The molecule has 0 radical (unpaired) electrons. The zero-order chi connectivity index (χ0) is 8.81. The van der Waals surface area contributed by atoms with Crippen LogP contribution in [0, 0.1) is 0 Å². The topological polar surface area (TPSA) is 48.1 Å². The van der Waals surface area contributed by atoms with Crippen molar-refractivity contribution >= 4 is 6.08 Å². The average Bonchev–Trinajstić information content (AvgIpc) is 2.15. The summed E-state index contributed by atoms with van der Waals surface area (Å²) in [7, 11) is 1.62. The predicted molar refractivity (Wildman–Crippen MR) is 48.9 cm³/mol. The number of methoxy groups -OCH3 is 1. The van der Waals surface area contributed by atoms with Crippen molar-refractivity contribution in [1.29, 1.82) is 0 Å². The monoisotopic (exact) mass is 164 g/mol. The lowest BCUT2D eigenvalue weighted by Crippen LogP contribution is -1.93. The maximum absolute atomic E-state index is 5.31. The number of hydrogen-bond donors (Lipinski definition) is 1. The molecule has 1 aromatic heterocycles. The Morgan fingerprint density at radius 2 is 2.50 bits per heavy atom. The summed E-state index contributed by atoms with van der Waals surface area (Å²) < 4.78 is 5.09. The number of hydrogen-bond acceptors (Lipinski definition) is 3. The van der Waals surface area contributed by atoms with Gasteiger partial charge < -0.3 is 10.5 Å². The Balaban J connectivity index is 2.89. The molecule has 0 amide bonds. The molecule has 12 heavy (non-hydrogen) atoms. The molecule has 0 bridgehead atoms. The molecule has 0 aliphatic heterocycles. The number of pyridine rings is 1. The van der Waals surface area contributed by atoms with Gasteiger partial charge in [0.2, 0.25) is 0 Å². The van der Waals surface area contributed by atoms with Gasteiger partial charge in [0.15, 0.2) is 0 Å². The first-order valence-electron chi connectivity index (χ1n) is 3.74. The summed E-state index contributed by atoms with van der Waals surface area (Å²) in [6.45, 7) is 0.514. The van der Waals surface area contributed by atoms with E-state index in [2.05, 4.69) is 4.98 Å². The first-order chi connectivity index (χ1) is 5.88. The van der Waals surface area contributed by atoms with Crippen molar-refractivity contribution in [3.63, 3.8) is 0 Å². The van der Waals surface area contributed by atoms with Crippen molar-refractivity contribution in [3.8, 4) is 5.75 Å². The molecule has 2 N–H and O–H groups in total. The van der Waals surface area contributed by atoms with E-state index < -0.39 is 0 Å². The van der Waals surface area contributed by atoms with E-state index in [9.17, 15) is 0 Å². The predicted octanol–water partition coefficient (Wildman–Crippen LogP) is 1.06. The van der Waals surface area contributed by atoms with Crippen LogP contribution in [-0.4, -0.2) is 18.6 Å². The van der Waals surface area contributed by atoms with Crippen molar-refractivity contribution in [2.75, 3.05) is 13.7 Å². The highest BCUT2D eigenvalue weighted by Gasteiger charge is 1.96. The largest absolute Gasteiger partial charge is 0.494 e. The first-order valence-corrected chi connectivity index (χ1v) is 3.74. The van der Waals surface area contributed by atoms with E-state index in [-0.39, 0.29) is 0 Å². The molecule has 0 aliphatic carbocycles. The van der Waals surface area contributed by atoms with Gasteiger partial charge >= 0.3 is 0 Å². The number of rotatable bonds is 3. The van der Waals surface area contributed by atoms with Crippen LogP contribution < -0.4 is 10.5 Å². The SMILES string of the molecule is COc1cccnc1/C=C/CN. The highest BCUT2D eigenvalue weighted by molar-refractivity contribution is 5.52. The van der Waals surface area contributed by atoms with Crippen LogP contribution in [0.15, 0.2) is 24.4 Å². The van der Waals surface area contributed by atoms with Crippen LogP contribution in [0.3, 0.4) is 0 Å². The second kappa shape index (κ2) is 4.51. The molecule has 1 heterocycles. The van der Waals surface area contributed by atoms with Crippen LogP contribution in [0.1, 0.15) is 5.69 Å². The molecule has 1 aromatic rings. The van der Waals surface area contributed by atoms with Gasteiger partial charge in [-0.2, -0.15) is 0 Å². The van der Waals surface area contributed by atoms with E-state index in [4.69, 9.17) is 10.5 Å². The van der Waals surface area contributed by atoms with Gasteiger partial charge in [-0.05, 0) is 18.2 Å². The van der Waals surface area contributed by atoms with E-state index in [0.717, 1.165) is 11.4 Å². The lowest BCUT2D eigenvalue weighted by Gasteiger charge is -2.01. The van der Waals surface area contributed by atoms with Gasteiger partial charge in [-0.25, -0.2) is 0 Å². The molecule has 0 saturated carbocycles. The Labute approximate surface area is 71.9 Å². The summed E-state index contributed by atoms with van der Waals surface area (Å²) in [5, 5.41) is 0. The Hall–Kier alpha value is -1.35. The fraction of sp³-hybridized carbons (Fsp3) is 0.222. The first kappa shape index (κ1) is 8.74. The van der Waals surface area contributed by atoms with Gasteiger partial charge in [-0.1, -0.05) is 6.08 Å². The zero-order valence-corrected chi connectivity index (χ0v) is 7.03. The normalized spacial score (nSPS) is 10.5. The highest BCUT2D eigenvalue weighted by Crippen LogP contribution is 2.15. The number of nitrogens with two attached hydrogens (primary N) is 1. The zero-order valence-electron chi connectivity index (χ0n) is 7.03. The number of nitrogens with zero attached hydrogens (tertiary/aromatic N) is 1. The highest BCUT2D eigenvalue weighted by atomic mass is 16.5. The Morgan fingerprint density at radius 1 is 1.67 bits per heavy atom. The van der Waals surface area contributed by atoms with Gasteiger partial charge in [-0.15, -0.1) is 0 Å².